The molecule has 1 saturated heterocycles. The fourth-order valence-corrected chi connectivity index (χ4v) is 0.750. The van der Waals surface area contributed by atoms with Crippen molar-refractivity contribution < 1.29 is 14.3 Å². The molecule has 3 heteroatoms. The summed E-state index contributed by atoms with van der Waals surface area (Å²) >= 11 is 0. The Morgan fingerprint density at radius 2 is 2.20 bits per heavy atom. The van der Waals surface area contributed by atoms with Crippen molar-refractivity contribution in [3.63, 3.8) is 0 Å². The van der Waals surface area contributed by atoms with Gasteiger partial charge in [-0.25, -0.2) is 0 Å². The molecule has 0 radical (unpaired) electrons. The summed E-state index contributed by atoms with van der Waals surface area (Å²) in [6.45, 7) is 5.61. The largest absolute Gasteiger partial charge is 0.438 e. The van der Waals surface area contributed by atoms with Crippen LogP contribution in [0.1, 0.15) is 20.8 Å². The molecular weight excluding hydrogens is 132 g/mol. The van der Waals surface area contributed by atoms with Crippen molar-refractivity contribution >= 4 is 5.97 Å². The third-order valence-corrected chi connectivity index (χ3v) is 2.05. The van der Waals surface area contributed by atoms with Crippen LogP contribution in [-0.2, 0) is 14.3 Å². The zero-order valence-electron chi connectivity index (χ0n) is 6.51. The summed E-state index contributed by atoms with van der Waals surface area (Å²) in [6, 6.07) is 0. The van der Waals surface area contributed by atoms with E-state index < -0.39 is 5.41 Å². The highest BCUT2D eigenvalue weighted by Crippen LogP contribution is 2.28. The summed E-state index contributed by atoms with van der Waals surface area (Å²) < 4.78 is 9.82. The molecule has 0 aromatic heterocycles. The molecule has 1 atom stereocenters. The van der Waals surface area contributed by atoms with Gasteiger partial charge >= 0.3 is 5.97 Å². The number of hydrogen-bond donors (Lipinski definition) is 0. The molecule has 0 aromatic rings. The van der Waals surface area contributed by atoms with Crippen molar-refractivity contribution in [2.75, 3.05) is 6.79 Å². The summed E-state index contributed by atoms with van der Waals surface area (Å²) in [7, 11) is 0. The quantitative estimate of drug-likeness (QED) is 0.474. The van der Waals surface area contributed by atoms with Crippen LogP contribution in [0.15, 0.2) is 0 Å². The van der Waals surface area contributed by atoms with E-state index in [0.717, 1.165) is 0 Å². The molecule has 0 N–H and O–H groups in total. The first-order valence-corrected chi connectivity index (χ1v) is 3.34. The van der Waals surface area contributed by atoms with Crippen LogP contribution >= 0.6 is 0 Å². The minimum atomic E-state index is -0.488. The predicted octanol–water partition coefficient (Wildman–Crippen LogP) is 0.932. The maximum atomic E-state index is 11.0. The Bertz CT molecular complexity index is 151. The topological polar surface area (TPSA) is 35.5 Å². The van der Waals surface area contributed by atoms with Gasteiger partial charge in [0, 0.05) is 0 Å². The van der Waals surface area contributed by atoms with Crippen LogP contribution in [0.3, 0.4) is 0 Å². The first-order chi connectivity index (χ1) is 4.55. The summed E-state index contributed by atoms with van der Waals surface area (Å²) in [5, 5.41) is 0. The number of hydrogen-bond acceptors (Lipinski definition) is 3. The number of carbonyl (C=O) groups excluding carboxylic acids is 1. The first kappa shape index (κ1) is 7.54. The Morgan fingerprint density at radius 1 is 1.60 bits per heavy atom. The molecule has 0 bridgehead atoms. The summed E-state index contributed by atoms with van der Waals surface area (Å²) in [6.07, 6.45) is -0.0475. The van der Waals surface area contributed by atoms with Crippen LogP contribution in [0.5, 0.6) is 0 Å². The molecule has 1 fully saturated rings. The lowest BCUT2D eigenvalue weighted by molar-refractivity contribution is -0.206. The van der Waals surface area contributed by atoms with Crippen LogP contribution in [0.25, 0.3) is 0 Å². The summed E-state index contributed by atoms with van der Waals surface area (Å²) in [4.78, 5) is 11.0. The Kier molecular flexibility index (Phi) is 1.68. The SMILES string of the molecule is CC1OCOC(=O)C1(C)C. The van der Waals surface area contributed by atoms with E-state index in [1.807, 2.05) is 20.8 Å². The molecule has 1 heterocycles. The molecule has 0 saturated carbocycles. The van der Waals surface area contributed by atoms with Gasteiger partial charge in [-0.05, 0) is 20.8 Å². The van der Waals surface area contributed by atoms with Gasteiger partial charge in [0.1, 0.15) is 0 Å². The highest BCUT2D eigenvalue weighted by molar-refractivity contribution is 5.77. The standard InChI is InChI=1S/C7H12O3/c1-5-7(2,3)6(8)10-4-9-5/h5H,4H2,1-3H3. The third-order valence-electron chi connectivity index (χ3n) is 2.05. The smallest absolute Gasteiger partial charge is 0.316 e. The summed E-state index contributed by atoms with van der Waals surface area (Å²) in [5.41, 5.74) is -0.488. The third kappa shape index (κ3) is 1.01. The van der Waals surface area contributed by atoms with Crippen LogP contribution in [-0.4, -0.2) is 18.9 Å². The van der Waals surface area contributed by atoms with Crippen molar-refractivity contribution in [2.24, 2.45) is 5.41 Å². The van der Waals surface area contributed by atoms with Gasteiger partial charge < -0.3 is 9.47 Å². The van der Waals surface area contributed by atoms with Gasteiger partial charge in [0.25, 0.3) is 0 Å². The number of ether oxygens (including phenoxy) is 2. The first-order valence-electron chi connectivity index (χ1n) is 3.34. The number of carbonyl (C=O) groups is 1. The lowest BCUT2D eigenvalue weighted by Crippen LogP contribution is -2.43. The Hall–Kier alpha value is -0.570. The van der Waals surface area contributed by atoms with Crippen LogP contribution in [0.4, 0.5) is 0 Å². The van der Waals surface area contributed by atoms with E-state index in [-0.39, 0.29) is 18.9 Å². The van der Waals surface area contributed by atoms with Gasteiger partial charge in [-0.3, -0.25) is 4.79 Å². The molecule has 1 aliphatic heterocycles. The van der Waals surface area contributed by atoms with E-state index in [1.165, 1.54) is 0 Å². The van der Waals surface area contributed by atoms with Crippen molar-refractivity contribution in [1.82, 2.24) is 0 Å². The molecular formula is C7H12O3. The highest BCUT2D eigenvalue weighted by atomic mass is 16.7. The molecule has 58 valence electrons. The number of cyclic esters (lactones) is 1. The molecule has 1 unspecified atom stereocenters. The second kappa shape index (κ2) is 2.23. The second-order valence-corrected chi connectivity index (χ2v) is 3.08. The molecule has 0 aliphatic carbocycles. The zero-order valence-corrected chi connectivity index (χ0v) is 6.51. The molecule has 1 aliphatic rings. The van der Waals surface area contributed by atoms with Crippen LogP contribution < -0.4 is 0 Å². The van der Waals surface area contributed by atoms with Crippen molar-refractivity contribution in [2.45, 2.75) is 26.9 Å². The fraction of sp³-hybridized carbons (Fsp3) is 0.857. The average molecular weight is 144 g/mol. The Labute approximate surface area is 60.3 Å². The van der Waals surface area contributed by atoms with E-state index >= 15 is 0 Å². The van der Waals surface area contributed by atoms with Gasteiger partial charge in [-0.15, -0.1) is 0 Å². The second-order valence-electron chi connectivity index (χ2n) is 3.08. The predicted molar refractivity (Wildman–Crippen MR) is 35.3 cm³/mol. The minimum absolute atomic E-state index is 0.0475. The lowest BCUT2D eigenvalue weighted by atomic mass is 9.87. The molecule has 0 aromatic carbocycles. The molecule has 1 rings (SSSR count). The highest BCUT2D eigenvalue weighted by Gasteiger charge is 2.39. The van der Waals surface area contributed by atoms with E-state index in [0.29, 0.717) is 0 Å². The Morgan fingerprint density at radius 3 is 2.60 bits per heavy atom. The van der Waals surface area contributed by atoms with Crippen molar-refractivity contribution in [1.29, 1.82) is 0 Å². The number of esters is 1. The normalized spacial score (nSPS) is 31.5. The minimum Gasteiger partial charge on any atom is -0.438 e. The molecule has 0 amide bonds. The zero-order chi connectivity index (χ0) is 7.78. The number of rotatable bonds is 0. The van der Waals surface area contributed by atoms with Gasteiger partial charge in [0.15, 0.2) is 6.79 Å². The maximum absolute atomic E-state index is 11.0. The van der Waals surface area contributed by atoms with Gasteiger partial charge in [0.2, 0.25) is 0 Å². The van der Waals surface area contributed by atoms with Crippen LogP contribution in [0.2, 0.25) is 0 Å². The molecule has 3 nitrogen and oxygen atoms in total. The fourth-order valence-electron chi connectivity index (χ4n) is 0.750. The maximum Gasteiger partial charge on any atom is 0.316 e. The van der Waals surface area contributed by atoms with E-state index in [4.69, 9.17) is 9.47 Å². The van der Waals surface area contributed by atoms with Gasteiger partial charge in [-0.2, -0.15) is 0 Å². The average Bonchev–Trinajstić information content (AvgIpc) is 1.84. The molecule has 10 heavy (non-hydrogen) atoms. The van der Waals surface area contributed by atoms with Crippen molar-refractivity contribution in [3.8, 4) is 0 Å². The molecule has 0 spiro atoms. The Balaban J connectivity index is 2.73. The van der Waals surface area contributed by atoms with Gasteiger partial charge in [-0.1, -0.05) is 0 Å². The lowest BCUT2D eigenvalue weighted by Gasteiger charge is -2.33. The van der Waals surface area contributed by atoms with E-state index in [9.17, 15) is 4.79 Å². The van der Waals surface area contributed by atoms with Gasteiger partial charge in [0.05, 0.1) is 11.5 Å². The van der Waals surface area contributed by atoms with Crippen LogP contribution in [0, 0.1) is 5.41 Å². The van der Waals surface area contributed by atoms with Crippen molar-refractivity contribution in [3.05, 3.63) is 0 Å². The summed E-state index contributed by atoms with van der Waals surface area (Å²) in [5.74, 6) is -0.175. The van der Waals surface area contributed by atoms with E-state index in [1.54, 1.807) is 0 Å². The monoisotopic (exact) mass is 144 g/mol. The van der Waals surface area contributed by atoms with E-state index in [2.05, 4.69) is 0 Å².